The van der Waals surface area contributed by atoms with Crippen molar-refractivity contribution in [1.82, 2.24) is 14.8 Å². The fourth-order valence-electron chi connectivity index (χ4n) is 2.01. The van der Waals surface area contributed by atoms with Gasteiger partial charge in [-0.2, -0.15) is 0 Å². The standard InChI is InChI=1S/C15H26N4O2S/c1-6-18(7-2)8-9-19(13(5)20)10-14(21)17-15-16-11(3)12(4)22-15/h6-10H2,1-5H3,(H,16,17,21). The summed E-state index contributed by atoms with van der Waals surface area (Å²) in [6.45, 7) is 12.8. The molecule has 0 aromatic carbocycles. The van der Waals surface area contributed by atoms with Crippen LogP contribution in [0.3, 0.4) is 0 Å². The molecule has 1 aromatic rings. The molecule has 2 amide bonds. The van der Waals surface area contributed by atoms with Crippen LogP contribution >= 0.6 is 11.3 Å². The molecule has 124 valence electrons. The molecule has 0 aliphatic rings. The van der Waals surface area contributed by atoms with Gasteiger partial charge in [0.05, 0.1) is 12.2 Å². The van der Waals surface area contributed by atoms with Gasteiger partial charge >= 0.3 is 0 Å². The molecule has 1 N–H and O–H groups in total. The summed E-state index contributed by atoms with van der Waals surface area (Å²) in [7, 11) is 0. The lowest BCUT2D eigenvalue weighted by molar-refractivity contribution is -0.133. The van der Waals surface area contributed by atoms with Crippen molar-refractivity contribution in [2.24, 2.45) is 0 Å². The molecule has 7 heteroatoms. The predicted molar refractivity (Wildman–Crippen MR) is 90.3 cm³/mol. The number of thiazole rings is 1. The number of aromatic nitrogens is 1. The number of hydrogen-bond donors (Lipinski definition) is 1. The zero-order chi connectivity index (χ0) is 16.7. The smallest absolute Gasteiger partial charge is 0.245 e. The minimum atomic E-state index is -0.205. The maximum Gasteiger partial charge on any atom is 0.245 e. The topological polar surface area (TPSA) is 65.5 Å². The number of likely N-dealkylation sites (N-methyl/N-ethyl adjacent to an activating group) is 1. The third-order valence-electron chi connectivity index (χ3n) is 3.64. The highest BCUT2D eigenvalue weighted by Gasteiger charge is 2.16. The van der Waals surface area contributed by atoms with Crippen LogP contribution in [0.15, 0.2) is 0 Å². The Balaban J connectivity index is 2.55. The quantitative estimate of drug-likeness (QED) is 0.792. The molecule has 0 saturated heterocycles. The molecule has 1 heterocycles. The van der Waals surface area contributed by atoms with Gasteiger partial charge in [0.25, 0.3) is 0 Å². The van der Waals surface area contributed by atoms with Crippen LogP contribution in [0, 0.1) is 13.8 Å². The highest BCUT2D eigenvalue weighted by molar-refractivity contribution is 7.15. The second-order valence-corrected chi connectivity index (χ2v) is 6.38. The van der Waals surface area contributed by atoms with Crippen LogP contribution in [-0.2, 0) is 9.59 Å². The van der Waals surface area contributed by atoms with Crippen LogP contribution in [-0.4, -0.2) is 59.3 Å². The molecule has 1 rings (SSSR count). The first-order valence-electron chi connectivity index (χ1n) is 7.59. The van der Waals surface area contributed by atoms with E-state index in [-0.39, 0.29) is 18.4 Å². The number of nitrogens with one attached hydrogen (secondary N) is 1. The first kappa shape index (κ1) is 18.6. The average Bonchev–Trinajstić information content (AvgIpc) is 2.76. The fraction of sp³-hybridized carbons (Fsp3) is 0.667. The SMILES string of the molecule is CCN(CC)CCN(CC(=O)Nc1nc(C)c(C)s1)C(C)=O. The molecule has 0 fully saturated rings. The zero-order valence-corrected chi connectivity index (χ0v) is 14.9. The number of carbonyl (C=O) groups excluding carboxylic acids is 2. The monoisotopic (exact) mass is 326 g/mol. The Labute approximate surface area is 136 Å². The van der Waals surface area contributed by atoms with Crippen LogP contribution in [0.4, 0.5) is 5.13 Å². The molecule has 0 aliphatic carbocycles. The Morgan fingerprint density at radius 3 is 2.27 bits per heavy atom. The van der Waals surface area contributed by atoms with E-state index in [1.54, 1.807) is 4.90 Å². The van der Waals surface area contributed by atoms with E-state index < -0.39 is 0 Å². The summed E-state index contributed by atoms with van der Waals surface area (Å²) >= 11 is 1.45. The molecule has 1 aromatic heterocycles. The maximum atomic E-state index is 12.1. The van der Waals surface area contributed by atoms with E-state index in [2.05, 4.69) is 29.0 Å². The van der Waals surface area contributed by atoms with Gasteiger partial charge in [0, 0.05) is 24.9 Å². The summed E-state index contributed by atoms with van der Waals surface area (Å²) in [6.07, 6.45) is 0. The third-order valence-corrected chi connectivity index (χ3v) is 4.62. The molecular formula is C15H26N4O2S. The van der Waals surface area contributed by atoms with Gasteiger partial charge in [0.2, 0.25) is 11.8 Å². The normalized spacial score (nSPS) is 10.8. The van der Waals surface area contributed by atoms with Crippen LogP contribution < -0.4 is 5.32 Å². The van der Waals surface area contributed by atoms with Gasteiger partial charge in [-0.1, -0.05) is 13.8 Å². The molecule has 0 unspecified atom stereocenters. The molecular weight excluding hydrogens is 300 g/mol. The van der Waals surface area contributed by atoms with Crippen molar-refractivity contribution in [3.63, 3.8) is 0 Å². The number of nitrogens with zero attached hydrogens (tertiary/aromatic N) is 3. The van der Waals surface area contributed by atoms with E-state index >= 15 is 0 Å². The average molecular weight is 326 g/mol. The van der Waals surface area contributed by atoms with Crippen LogP contribution in [0.1, 0.15) is 31.3 Å². The highest BCUT2D eigenvalue weighted by atomic mass is 32.1. The lowest BCUT2D eigenvalue weighted by Gasteiger charge is -2.25. The second kappa shape index (κ2) is 8.85. The predicted octanol–water partition coefficient (Wildman–Crippen LogP) is 1.89. The van der Waals surface area contributed by atoms with Crippen LogP contribution in [0.2, 0.25) is 0 Å². The van der Waals surface area contributed by atoms with Crippen molar-refractivity contribution < 1.29 is 9.59 Å². The molecule has 0 bridgehead atoms. The largest absolute Gasteiger partial charge is 0.332 e. The number of carbonyl (C=O) groups is 2. The van der Waals surface area contributed by atoms with Crippen molar-refractivity contribution in [1.29, 1.82) is 0 Å². The van der Waals surface area contributed by atoms with Gasteiger partial charge < -0.3 is 15.1 Å². The van der Waals surface area contributed by atoms with Gasteiger partial charge in [-0.3, -0.25) is 9.59 Å². The molecule has 0 aliphatic heterocycles. The minimum Gasteiger partial charge on any atom is -0.332 e. The number of amides is 2. The lowest BCUT2D eigenvalue weighted by Crippen LogP contribution is -2.41. The lowest BCUT2D eigenvalue weighted by atomic mass is 10.4. The number of aryl methyl sites for hydroxylation is 2. The summed E-state index contributed by atoms with van der Waals surface area (Å²) < 4.78 is 0. The number of hydrogen-bond acceptors (Lipinski definition) is 5. The highest BCUT2D eigenvalue weighted by Crippen LogP contribution is 2.20. The second-order valence-electron chi connectivity index (χ2n) is 5.18. The first-order chi connectivity index (χ1) is 10.4. The summed E-state index contributed by atoms with van der Waals surface area (Å²) in [4.78, 5) is 32.9. The Morgan fingerprint density at radius 1 is 1.18 bits per heavy atom. The van der Waals surface area contributed by atoms with Crippen LogP contribution in [0.5, 0.6) is 0 Å². The number of rotatable bonds is 8. The third kappa shape index (κ3) is 5.73. The van der Waals surface area contributed by atoms with Gasteiger partial charge in [-0.15, -0.1) is 11.3 Å². The molecule has 0 spiro atoms. The first-order valence-corrected chi connectivity index (χ1v) is 8.40. The molecule has 0 atom stereocenters. The van der Waals surface area contributed by atoms with E-state index in [1.807, 2.05) is 13.8 Å². The van der Waals surface area contributed by atoms with Crippen molar-refractivity contribution in [2.75, 3.05) is 38.0 Å². The summed E-state index contributed by atoms with van der Waals surface area (Å²) in [5, 5.41) is 3.36. The molecule has 6 nitrogen and oxygen atoms in total. The van der Waals surface area contributed by atoms with E-state index in [1.165, 1.54) is 18.3 Å². The van der Waals surface area contributed by atoms with Crippen molar-refractivity contribution >= 4 is 28.3 Å². The van der Waals surface area contributed by atoms with Crippen LogP contribution in [0.25, 0.3) is 0 Å². The zero-order valence-electron chi connectivity index (χ0n) is 14.1. The molecule has 0 saturated carbocycles. The Kier molecular flexibility index (Phi) is 7.47. The summed E-state index contributed by atoms with van der Waals surface area (Å²) in [5.74, 6) is -0.294. The van der Waals surface area contributed by atoms with Gasteiger partial charge in [0.1, 0.15) is 0 Å². The van der Waals surface area contributed by atoms with Crippen molar-refractivity contribution in [3.8, 4) is 0 Å². The van der Waals surface area contributed by atoms with E-state index in [9.17, 15) is 9.59 Å². The fourth-order valence-corrected chi connectivity index (χ4v) is 2.84. The number of anilines is 1. The van der Waals surface area contributed by atoms with E-state index in [4.69, 9.17) is 0 Å². The summed E-state index contributed by atoms with van der Waals surface area (Å²) in [6, 6.07) is 0. The van der Waals surface area contributed by atoms with Gasteiger partial charge in [-0.05, 0) is 26.9 Å². The van der Waals surface area contributed by atoms with E-state index in [0.29, 0.717) is 11.7 Å². The Hall–Kier alpha value is -1.47. The molecule has 0 radical (unpaired) electrons. The van der Waals surface area contributed by atoms with E-state index in [0.717, 1.165) is 30.2 Å². The molecule has 22 heavy (non-hydrogen) atoms. The van der Waals surface area contributed by atoms with Crippen molar-refractivity contribution in [2.45, 2.75) is 34.6 Å². The van der Waals surface area contributed by atoms with Crippen molar-refractivity contribution in [3.05, 3.63) is 10.6 Å². The Bertz CT molecular complexity index is 492. The van der Waals surface area contributed by atoms with Gasteiger partial charge in [0.15, 0.2) is 5.13 Å². The summed E-state index contributed by atoms with van der Waals surface area (Å²) in [5.41, 5.74) is 0.922. The maximum absolute atomic E-state index is 12.1. The minimum absolute atomic E-state index is 0.0638. The Morgan fingerprint density at radius 2 is 1.82 bits per heavy atom. The van der Waals surface area contributed by atoms with Gasteiger partial charge in [-0.25, -0.2) is 4.98 Å².